The van der Waals surface area contributed by atoms with E-state index in [2.05, 4.69) is 0 Å². The zero-order valence-corrected chi connectivity index (χ0v) is 11.1. The maximum absolute atomic E-state index is 11.3. The van der Waals surface area contributed by atoms with Gasteiger partial charge in [0.2, 0.25) is 0 Å². The summed E-state index contributed by atoms with van der Waals surface area (Å²) in [7, 11) is 0. The van der Waals surface area contributed by atoms with Gasteiger partial charge in [-0.1, -0.05) is 6.07 Å². The Kier molecular flexibility index (Phi) is 3.90. The number of anilines is 1. The lowest BCUT2D eigenvalue weighted by molar-refractivity contribution is -0.385. The van der Waals surface area contributed by atoms with Crippen LogP contribution in [0.5, 0.6) is 5.75 Å². The zero-order chi connectivity index (χ0) is 14.0. The fourth-order valence-corrected chi connectivity index (χ4v) is 2.26. The van der Waals surface area contributed by atoms with Crippen LogP contribution < -0.4 is 9.64 Å². The van der Waals surface area contributed by atoms with E-state index < -0.39 is 11.0 Å². The maximum atomic E-state index is 11.3. The minimum atomic E-state index is -0.422. The smallest absolute Gasteiger partial charge is 0.333 e. The quantitative estimate of drug-likeness (QED) is 0.666. The van der Waals surface area contributed by atoms with Crippen molar-refractivity contribution in [1.82, 2.24) is 0 Å². The average molecular weight is 266 g/mol. The Bertz CT molecular complexity index is 476. The highest BCUT2D eigenvalue weighted by atomic mass is 16.6. The SMILES string of the molecule is CC(C)Oc1cccc(N2CC[C@H](O)C2)c1[N+](=O)[O-]. The normalized spacial score (nSPS) is 18.9. The standard InChI is InChI=1S/C13H18N2O4/c1-9(2)19-12-5-3-4-11(13(12)15(17)18)14-7-6-10(16)8-14/h3-5,9-10,16H,6-8H2,1-2H3/t10-/m0/s1. The van der Waals surface area contributed by atoms with Crippen molar-refractivity contribution >= 4 is 11.4 Å². The van der Waals surface area contributed by atoms with E-state index in [-0.39, 0.29) is 17.5 Å². The molecule has 1 aromatic rings. The fourth-order valence-electron chi connectivity index (χ4n) is 2.26. The van der Waals surface area contributed by atoms with E-state index >= 15 is 0 Å². The third-order valence-electron chi connectivity index (χ3n) is 3.03. The second-order valence-electron chi connectivity index (χ2n) is 4.94. The molecule has 0 radical (unpaired) electrons. The second kappa shape index (κ2) is 5.44. The van der Waals surface area contributed by atoms with E-state index in [1.807, 2.05) is 18.7 Å². The number of aliphatic hydroxyl groups excluding tert-OH is 1. The Hall–Kier alpha value is -1.82. The number of hydrogen-bond donors (Lipinski definition) is 1. The van der Waals surface area contributed by atoms with Gasteiger partial charge in [0, 0.05) is 13.1 Å². The second-order valence-corrected chi connectivity index (χ2v) is 4.94. The van der Waals surface area contributed by atoms with Gasteiger partial charge in [0.05, 0.1) is 17.1 Å². The van der Waals surface area contributed by atoms with Gasteiger partial charge in [-0.05, 0) is 32.4 Å². The molecule has 1 saturated heterocycles. The number of nitro groups is 1. The van der Waals surface area contributed by atoms with E-state index in [9.17, 15) is 15.2 Å². The summed E-state index contributed by atoms with van der Waals surface area (Å²) in [6.45, 7) is 4.70. The van der Waals surface area contributed by atoms with Crippen LogP contribution in [0, 0.1) is 10.1 Å². The largest absolute Gasteiger partial charge is 0.484 e. The molecule has 0 aromatic heterocycles. The zero-order valence-electron chi connectivity index (χ0n) is 11.1. The maximum Gasteiger partial charge on any atom is 0.333 e. The molecule has 1 N–H and O–H groups in total. The summed E-state index contributed by atoms with van der Waals surface area (Å²) in [5.41, 5.74) is 0.491. The molecule has 1 aliphatic rings. The molecule has 0 aliphatic carbocycles. The van der Waals surface area contributed by atoms with Crippen LogP contribution in [0.4, 0.5) is 11.4 Å². The number of nitrogens with zero attached hydrogens (tertiary/aromatic N) is 2. The molecular weight excluding hydrogens is 248 g/mol. The molecular formula is C13H18N2O4. The van der Waals surface area contributed by atoms with Gasteiger partial charge in [-0.15, -0.1) is 0 Å². The van der Waals surface area contributed by atoms with Crippen molar-refractivity contribution in [3.8, 4) is 5.75 Å². The molecule has 0 bridgehead atoms. The van der Waals surface area contributed by atoms with Gasteiger partial charge in [-0.2, -0.15) is 0 Å². The fraction of sp³-hybridized carbons (Fsp3) is 0.538. The number of rotatable bonds is 4. The van der Waals surface area contributed by atoms with Crippen molar-refractivity contribution in [3.63, 3.8) is 0 Å². The predicted octanol–water partition coefficient (Wildman–Crippen LogP) is 1.95. The monoisotopic (exact) mass is 266 g/mol. The minimum absolute atomic E-state index is 0.0229. The molecule has 1 heterocycles. The van der Waals surface area contributed by atoms with Crippen molar-refractivity contribution in [2.24, 2.45) is 0 Å². The minimum Gasteiger partial charge on any atom is -0.484 e. The van der Waals surface area contributed by atoms with Gasteiger partial charge in [0.25, 0.3) is 0 Å². The van der Waals surface area contributed by atoms with Gasteiger partial charge in [0.1, 0.15) is 5.69 Å². The molecule has 2 rings (SSSR count). The van der Waals surface area contributed by atoms with Gasteiger partial charge in [-0.3, -0.25) is 10.1 Å². The molecule has 0 amide bonds. The Labute approximate surface area is 111 Å². The Morgan fingerprint density at radius 1 is 1.53 bits per heavy atom. The van der Waals surface area contributed by atoms with Crippen molar-refractivity contribution in [1.29, 1.82) is 0 Å². The van der Waals surface area contributed by atoms with E-state index in [0.29, 0.717) is 25.2 Å². The molecule has 6 nitrogen and oxygen atoms in total. The first-order chi connectivity index (χ1) is 8.99. The summed E-state index contributed by atoms with van der Waals surface area (Å²) in [4.78, 5) is 12.7. The van der Waals surface area contributed by atoms with Crippen LogP contribution in [0.3, 0.4) is 0 Å². The molecule has 104 valence electrons. The third-order valence-corrected chi connectivity index (χ3v) is 3.03. The van der Waals surface area contributed by atoms with Crippen LogP contribution in [0.1, 0.15) is 20.3 Å². The van der Waals surface area contributed by atoms with Crippen LogP contribution in [0.2, 0.25) is 0 Å². The van der Waals surface area contributed by atoms with Gasteiger partial charge < -0.3 is 14.7 Å². The highest BCUT2D eigenvalue weighted by Crippen LogP contribution is 2.38. The predicted molar refractivity (Wildman–Crippen MR) is 71.7 cm³/mol. The van der Waals surface area contributed by atoms with Crippen molar-refractivity contribution in [2.75, 3.05) is 18.0 Å². The van der Waals surface area contributed by atoms with Crippen molar-refractivity contribution < 1.29 is 14.8 Å². The number of nitro benzene ring substituents is 1. The summed E-state index contributed by atoms with van der Waals surface area (Å²) in [6.07, 6.45) is 0.0827. The first-order valence-corrected chi connectivity index (χ1v) is 6.36. The molecule has 6 heteroatoms. The number of aliphatic hydroxyl groups is 1. The third kappa shape index (κ3) is 2.96. The Morgan fingerprint density at radius 3 is 2.79 bits per heavy atom. The molecule has 1 aromatic carbocycles. The van der Waals surface area contributed by atoms with E-state index in [1.54, 1.807) is 18.2 Å². The van der Waals surface area contributed by atoms with Crippen LogP contribution in [-0.2, 0) is 0 Å². The average Bonchev–Trinajstić information content (AvgIpc) is 2.74. The number of para-hydroxylation sites is 1. The molecule has 1 atom stereocenters. The lowest BCUT2D eigenvalue weighted by Crippen LogP contribution is -2.22. The summed E-state index contributed by atoms with van der Waals surface area (Å²) < 4.78 is 5.50. The molecule has 1 fully saturated rings. The van der Waals surface area contributed by atoms with Crippen LogP contribution >= 0.6 is 0 Å². The first kappa shape index (κ1) is 13.6. The van der Waals surface area contributed by atoms with E-state index in [4.69, 9.17) is 4.74 Å². The number of hydrogen-bond acceptors (Lipinski definition) is 5. The van der Waals surface area contributed by atoms with Gasteiger partial charge in [0.15, 0.2) is 5.75 Å². The molecule has 0 unspecified atom stereocenters. The van der Waals surface area contributed by atoms with Crippen LogP contribution in [0.15, 0.2) is 18.2 Å². The van der Waals surface area contributed by atoms with Crippen molar-refractivity contribution in [3.05, 3.63) is 28.3 Å². The topological polar surface area (TPSA) is 75.8 Å². The number of benzene rings is 1. The highest BCUT2D eigenvalue weighted by Gasteiger charge is 2.29. The van der Waals surface area contributed by atoms with Crippen LogP contribution in [-0.4, -0.2) is 35.3 Å². The van der Waals surface area contributed by atoms with Crippen molar-refractivity contribution in [2.45, 2.75) is 32.5 Å². The summed E-state index contributed by atoms with van der Waals surface area (Å²) in [5, 5.41) is 20.9. The van der Waals surface area contributed by atoms with E-state index in [0.717, 1.165) is 0 Å². The molecule has 1 aliphatic heterocycles. The van der Waals surface area contributed by atoms with Crippen LogP contribution in [0.25, 0.3) is 0 Å². The molecule has 19 heavy (non-hydrogen) atoms. The number of β-amino-alcohol motifs (C(OH)–C–C–N with tert-alkyl or cyclic N) is 1. The summed E-state index contributed by atoms with van der Waals surface area (Å²) >= 11 is 0. The first-order valence-electron chi connectivity index (χ1n) is 6.36. The Balaban J connectivity index is 2.39. The van der Waals surface area contributed by atoms with Gasteiger partial charge >= 0.3 is 5.69 Å². The lowest BCUT2D eigenvalue weighted by Gasteiger charge is -2.19. The highest BCUT2D eigenvalue weighted by molar-refractivity contribution is 5.70. The molecule has 0 spiro atoms. The summed E-state index contributed by atoms with van der Waals surface area (Å²) in [5.74, 6) is 0.277. The summed E-state index contributed by atoms with van der Waals surface area (Å²) in [6, 6.07) is 5.04. The Morgan fingerprint density at radius 2 is 2.26 bits per heavy atom. The molecule has 0 saturated carbocycles. The number of ether oxygens (including phenoxy) is 1. The van der Waals surface area contributed by atoms with Gasteiger partial charge in [-0.25, -0.2) is 0 Å². The lowest BCUT2D eigenvalue weighted by atomic mass is 10.2. The van der Waals surface area contributed by atoms with E-state index in [1.165, 1.54) is 0 Å².